The number of anilines is 1. The number of hydrogen-bond acceptors (Lipinski definition) is 3. The van der Waals surface area contributed by atoms with E-state index in [1.54, 1.807) is 0 Å². The lowest BCUT2D eigenvalue weighted by molar-refractivity contribution is -0.121. The summed E-state index contributed by atoms with van der Waals surface area (Å²) in [6.07, 6.45) is 7.92. The summed E-state index contributed by atoms with van der Waals surface area (Å²) in [7, 11) is 1.93. The van der Waals surface area contributed by atoms with Crippen molar-refractivity contribution in [1.82, 2.24) is 14.7 Å². The van der Waals surface area contributed by atoms with E-state index in [1.807, 2.05) is 55.3 Å². The van der Waals surface area contributed by atoms with Crippen molar-refractivity contribution < 1.29 is 4.79 Å². The van der Waals surface area contributed by atoms with Crippen LogP contribution in [0.25, 0.3) is 5.57 Å². The van der Waals surface area contributed by atoms with E-state index in [0.29, 0.717) is 0 Å². The van der Waals surface area contributed by atoms with Gasteiger partial charge in [0.05, 0.1) is 12.2 Å². The summed E-state index contributed by atoms with van der Waals surface area (Å²) in [5, 5.41) is 7.29. The fourth-order valence-corrected chi connectivity index (χ4v) is 3.29. The van der Waals surface area contributed by atoms with Crippen LogP contribution in [0.1, 0.15) is 30.9 Å². The first-order chi connectivity index (χ1) is 12.1. The van der Waals surface area contributed by atoms with Crippen LogP contribution in [0.2, 0.25) is 0 Å². The third-order valence-corrected chi connectivity index (χ3v) is 4.77. The van der Waals surface area contributed by atoms with Crippen molar-refractivity contribution in [3.8, 4) is 0 Å². The van der Waals surface area contributed by atoms with Crippen LogP contribution in [0.4, 0.5) is 5.69 Å². The van der Waals surface area contributed by atoms with Crippen LogP contribution in [-0.4, -0.2) is 39.7 Å². The van der Waals surface area contributed by atoms with E-state index in [-0.39, 0.29) is 11.9 Å². The molecule has 5 nitrogen and oxygen atoms in total. The Hall–Kier alpha value is -2.40. The molecule has 1 amide bonds. The highest BCUT2D eigenvalue weighted by Crippen LogP contribution is 2.24. The minimum atomic E-state index is -0.104. The van der Waals surface area contributed by atoms with Gasteiger partial charge in [-0.05, 0) is 37.5 Å². The smallest absolute Gasteiger partial charge is 0.241 e. The molecule has 1 aromatic heterocycles. The first kappa shape index (κ1) is 17.4. The van der Waals surface area contributed by atoms with Crippen molar-refractivity contribution >= 4 is 17.2 Å². The summed E-state index contributed by atoms with van der Waals surface area (Å²) in [5.41, 5.74) is 4.55. The van der Waals surface area contributed by atoms with Gasteiger partial charge in [0.25, 0.3) is 0 Å². The zero-order valence-electron chi connectivity index (χ0n) is 15.2. The molecule has 0 radical (unpaired) electrons. The van der Waals surface area contributed by atoms with Gasteiger partial charge in [-0.3, -0.25) is 14.4 Å². The zero-order valence-corrected chi connectivity index (χ0v) is 15.2. The van der Waals surface area contributed by atoms with E-state index in [9.17, 15) is 4.79 Å². The SMILES string of the molecule is CC[C@H](C(=O)Nc1ccc(C)cc1)N1CC=C(c2cnn(C)c2)CC1. The van der Waals surface area contributed by atoms with Gasteiger partial charge >= 0.3 is 0 Å². The average molecular weight is 338 g/mol. The Kier molecular flexibility index (Phi) is 5.34. The molecule has 1 atom stereocenters. The molecule has 25 heavy (non-hydrogen) atoms. The molecule has 5 heteroatoms. The standard InChI is InChI=1S/C20H26N4O/c1-4-19(20(25)22-18-7-5-15(2)6-8-18)24-11-9-16(10-12-24)17-13-21-23(3)14-17/h5-9,13-14,19H,4,10-12H2,1-3H3,(H,22,25)/t19-/m1/s1. The van der Waals surface area contributed by atoms with E-state index in [2.05, 4.69) is 28.3 Å². The minimum Gasteiger partial charge on any atom is -0.325 e. The monoisotopic (exact) mass is 338 g/mol. The van der Waals surface area contributed by atoms with E-state index in [0.717, 1.165) is 31.6 Å². The molecule has 1 aliphatic heterocycles. The highest BCUT2D eigenvalue weighted by molar-refractivity contribution is 5.94. The number of carbonyl (C=O) groups excluding carboxylic acids is 1. The molecule has 0 spiro atoms. The van der Waals surface area contributed by atoms with Gasteiger partial charge in [0, 0.05) is 37.6 Å². The summed E-state index contributed by atoms with van der Waals surface area (Å²) in [6, 6.07) is 7.83. The molecule has 132 valence electrons. The Morgan fingerprint density at radius 1 is 1.32 bits per heavy atom. The fourth-order valence-electron chi connectivity index (χ4n) is 3.29. The van der Waals surface area contributed by atoms with E-state index in [1.165, 1.54) is 16.7 Å². The summed E-state index contributed by atoms with van der Waals surface area (Å²) in [6.45, 7) is 5.80. The number of nitrogens with one attached hydrogen (secondary N) is 1. The number of nitrogens with zero attached hydrogens (tertiary/aromatic N) is 3. The minimum absolute atomic E-state index is 0.0737. The molecule has 1 aliphatic rings. The third-order valence-electron chi connectivity index (χ3n) is 4.77. The second-order valence-corrected chi connectivity index (χ2v) is 6.66. The Labute approximate surface area is 149 Å². The second kappa shape index (κ2) is 7.66. The van der Waals surface area contributed by atoms with Crippen molar-refractivity contribution in [3.63, 3.8) is 0 Å². The van der Waals surface area contributed by atoms with Crippen LogP contribution in [0, 0.1) is 6.92 Å². The lowest BCUT2D eigenvalue weighted by atomic mass is 10.0. The summed E-state index contributed by atoms with van der Waals surface area (Å²) < 4.78 is 1.83. The Balaban J connectivity index is 1.64. The summed E-state index contributed by atoms with van der Waals surface area (Å²) in [4.78, 5) is 14.9. The maximum absolute atomic E-state index is 12.7. The number of aryl methyl sites for hydroxylation is 2. The lowest BCUT2D eigenvalue weighted by Crippen LogP contribution is -2.45. The molecule has 0 saturated heterocycles. The average Bonchev–Trinajstić information content (AvgIpc) is 3.05. The summed E-state index contributed by atoms with van der Waals surface area (Å²) >= 11 is 0. The van der Waals surface area contributed by atoms with Crippen LogP contribution in [-0.2, 0) is 11.8 Å². The molecule has 0 unspecified atom stereocenters. The largest absolute Gasteiger partial charge is 0.325 e. The Bertz CT molecular complexity index is 760. The lowest BCUT2D eigenvalue weighted by Gasteiger charge is -2.32. The predicted octanol–water partition coefficient (Wildman–Crippen LogP) is 3.23. The van der Waals surface area contributed by atoms with Crippen LogP contribution in [0.15, 0.2) is 42.7 Å². The number of hydrogen-bond donors (Lipinski definition) is 1. The zero-order chi connectivity index (χ0) is 17.8. The first-order valence-corrected chi connectivity index (χ1v) is 8.86. The number of rotatable bonds is 5. The van der Waals surface area contributed by atoms with Crippen LogP contribution < -0.4 is 5.32 Å². The molecule has 0 bridgehead atoms. The van der Waals surface area contributed by atoms with Crippen LogP contribution in [0.3, 0.4) is 0 Å². The topological polar surface area (TPSA) is 50.2 Å². The van der Waals surface area contributed by atoms with Crippen molar-refractivity contribution in [1.29, 1.82) is 0 Å². The van der Waals surface area contributed by atoms with Gasteiger partial charge in [0.1, 0.15) is 0 Å². The highest BCUT2D eigenvalue weighted by atomic mass is 16.2. The first-order valence-electron chi connectivity index (χ1n) is 8.86. The number of carbonyl (C=O) groups is 1. The Morgan fingerprint density at radius 3 is 2.64 bits per heavy atom. The van der Waals surface area contributed by atoms with Crippen molar-refractivity contribution in [2.24, 2.45) is 7.05 Å². The normalized spacial score (nSPS) is 16.4. The quantitative estimate of drug-likeness (QED) is 0.910. The summed E-state index contributed by atoms with van der Waals surface area (Å²) in [5.74, 6) is 0.0737. The fraction of sp³-hybridized carbons (Fsp3) is 0.400. The molecule has 3 rings (SSSR count). The Morgan fingerprint density at radius 2 is 2.08 bits per heavy atom. The maximum atomic E-state index is 12.7. The molecule has 0 fully saturated rings. The molecule has 1 N–H and O–H groups in total. The van der Waals surface area contributed by atoms with Crippen molar-refractivity contribution in [2.75, 3.05) is 18.4 Å². The van der Waals surface area contributed by atoms with Gasteiger partial charge in [-0.1, -0.05) is 30.7 Å². The predicted molar refractivity (Wildman–Crippen MR) is 101 cm³/mol. The van der Waals surface area contributed by atoms with Crippen LogP contribution in [0.5, 0.6) is 0 Å². The molecule has 2 aromatic rings. The molecule has 1 aromatic carbocycles. The van der Waals surface area contributed by atoms with Gasteiger partial charge in [-0.2, -0.15) is 5.10 Å². The van der Waals surface area contributed by atoms with Crippen molar-refractivity contribution in [2.45, 2.75) is 32.7 Å². The van der Waals surface area contributed by atoms with Crippen LogP contribution >= 0.6 is 0 Å². The van der Waals surface area contributed by atoms with E-state index < -0.39 is 0 Å². The molecule has 2 heterocycles. The molecule has 0 saturated carbocycles. The van der Waals surface area contributed by atoms with E-state index >= 15 is 0 Å². The molecular formula is C20H26N4O. The number of benzene rings is 1. The second-order valence-electron chi connectivity index (χ2n) is 6.66. The molecular weight excluding hydrogens is 312 g/mol. The highest BCUT2D eigenvalue weighted by Gasteiger charge is 2.26. The number of aromatic nitrogens is 2. The molecule has 0 aliphatic carbocycles. The van der Waals surface area contributed by atoms with E-state index in [4.69, 9.17) is 0 Å². The third kappa shape index (κ3) is 4.17. The van der Waals surface area contributed by atoms with Gasteiger partial charge in [-0.15, -0.1) is 0 Å². The van der Waals surface area contributed by atoms with Gasteiger partial charge in [-0.25, -0.2) is 0 Å². The maximum Gasteiger partial charge on any atom is 0.241 e. The van der Waals surface area contributed by atoms with Gasteiger partial charge < -0.3 is 5.32 Å². The van der Waals surface area contributed by atoms with Gasteiger partial charge in [0.15, 0.2) is 0 Å². The van der Waals surface area contributed by atoms with Crippen molar-refractivity contribution in [3.05, 3.63) is 53.9 Å². The van der Waals surface area contributed by atoms with Gasteiger partial charge in [0.2, 0.25) is 5.91 Å². The number of amides is 1.